The average Bonchev–Trinajstić information content (AvgIpc) is 2.25. The molecule has 0 saturated heterocycles. The normalized spacial score (nSPS) is 10.1. The molecule has 4 heteroatoms. The Morgan fingerprint density at radius 2 is 2.27 bits per heavy atom. The second-order valence-corrected chi connectivity index (χ2v) is 3.59. The summed E-state index contributed by atoms with van der Waals surface area (Å²) in [6.07, 6.45) is 2.52. The molecule has 0 aliphatic carbocycles. The van der Waals surface area contributed by atoms with Crippen LogP contribution in [-0.2, 0) is 6.42 Å². The van der Waals surface area contributed by atoms with E-state index in [0.717, 1.165) is 18.7 Å². The van der Waals surface area contributed by atoms with Gasteiger partial charge in [-0.3, -0.25) is 9.78 Å². The Bertz CT molecular complexity index is 336. The lowest BCUT2D eigenvalue weighted by molar-refractivity contribution is 0.0827. The number of carbonyl (C=O) groups is 1. The van der Waals surface area contributed by atoms with Gasteiger partial charge in [-0.25, -0.2) is 0 Å². The minimum Gasteiger partial charge on any atom is -0.345 e. The summed E-state index contributed by atoms with van der Waals surface area (Å²) in [5.41, 5.74) is 1.64. The highest BCUT2D eigenvalue weighted by molar-refractivity contribution is 5.93. The Labute approximate surface area is 90.3 Å². The number of hydrogen-bond acceptors (Lipinski definition) is 3. The maximum Gasteiger partial charge on any atom is 0.253 e. The second-order valence-electron chi connectivity index (χ2n) is 3.59. The van der Waals surface area contributed by atoms with Crippen molar-refractivity contribution in [3.05, 3.63) is 29.6 Å². The topological polar surface area (TPSA) is 45.2 Å². The van der Waals surface area contributed by atoms with Crippen molar-refractivity contribution >= 4 is 5.91 Å². The minimum atomic E-state index is 0.0168. The molecule has 0 atom stereocenters. The molecule has 1 N–H and O–H groups in total. The maximum atomic E-state index is 11.7. The quantitative estimate of drug-likeness (QED) is 0.784. The van der Waals surface area contributed by atoms with Crippen molar-refractivity contribution in [1.29, 1.82) is 0 Å². The standard InChI is InChI=1S/C11H17N3O/c1-12-6-5-10-8-9(4-7-13-10)11(15)14(2)3/h4,7-8,12H,5-6H2,1-3H3. The number of nitrogens with one attached hydrogen (secondary N) is 1. The molecular weight excluding hydrogens is 190 g/mol. The minimum absolute atomic E-state index is 0.0168. The van der Waals surface area contributed by atoms with Gasteiger partial charge >= 0.3 is 0 Å². The third-order valence-corrected chi connectivity index (χ3v) is 2.10. The summed E-state index contributed by atoms with van der Waals surface area (Å²) >= 11 is 0. The van der Waals surface area contributed by atoms with E-state index >= 15 is 0 Å². The van der Waals surface area contributed by atoms with E-state index < -0.39 is 0 Å². The molecule has 1 aromatic heterocycles. The first-order valence-electron chi connectivity index (χ1n) is 4.96. The van der Waals surface area contributed by atoms with Crippen LogP contribution >= 0.6 is 0 Å². The summed E-state index contributed by atoms with van der Waals surface area (Å²) in [6.45, 7) is 0.868. The molecule has 0 saturated carbocycles. The van der Waals surface area contributed by atoms with E-state index in [0.29, 0.717) is 5.56 Å². The molecular formula is C11H17N3O. The molecule has 15 heavy (non-hydrogen) atoms. The molecule has 1 aromatic rings. The highest BCUT2D eigenvalue weighted by Gasteiger charge is 2.08. The number of carbonyl (C=O) groups excluding carboxylic acids is 1. The lowest BCUT2D eigenvalue weighted by Gasteiger charge is -2.10. The van der Waals surface area contributed by atoms with Gasteiger partial charge in [0.15, 0.2) is 0 Å². The van der Waals surface area contributed by atoms with Gasteiger partial charge < -0.3 is 10.2 Å². The average molecular weight is 207 g/mol. The summed E-state index contributed by atoms with van der Waals surface area (Å²) in [7, 11) is 5.39. The fourth-order valence-corrected chi connectivity index (χ4v) is 1.26. The monoisotopic (exact) mass is 207 g/mol. The number of amides is 1. The van der Waals surface area contributed by atoms with Crippen LogP contribution in [0.15, 0.2) is 18.3 Å². The predicted octanol–water partition coefficient (Wildman–Crippen LogP) is 0.545. The first kappa shape index (κ1) is 11.7. The van der Waals surface area contributed by atoms with E-state index in [1.165, 1.54) is 0 Å². The highest BCUT2D eigenvalue weighted by Crippen LogP contribution is 2.04. The van der Waals surface area contributed by atoms with Crippen LogP contribution in [0, 0.1) is 0 Å². The van der Waals surface area contributed by atoms with E-state index in [2.05, 4.69) is 10.3 Å². The zero-order valence-electron chi connectivity index (χ0n) is 9.45. The fraction of sp³-hybridized carbons (Fsp3) is 0.455. The molecule has 82 valence electrons. The first-order valence-corrected chi connectivity index (χ1v) is 4.96. The molecule has 0 aliphatic rings. The number of likely N-dealkylation sites (N-methyl/N-ethyl adjacent to an activating group) is 1. The third kappa shape index (κ3) is 3.32. The van der Waals surface area contributed by atoms with Gasteiger partial charge in [-0.1, -0.05) is 0 Å². The van der Waals surface area contributed by atoms with Crippen molar-refractivity contribution in [2.24, 2.45) is 0 Å². The van der Waals surface area contributed by atoms with Gasteiger partial charge in [-0.05, 0) is 19.2 Å². The Hall–Kier alpha value is -1.42. The van der Waals surface area contributed by atoms with Crippen molar-refractivity contribution in [3.63, 3.8) is 0 Å². The molecule has 0 fully saturated rings. The van der Waals surface area contributed by atoms with Crippen LogP contribution < -0.4 is 5.32 Å². The van der Waals surface area contributed by atoms with Crippen LogP contribution in [0.3, 0.4) is 0 Å². The van der Waals surface area contributed by atoms with Gasteiger partial charge in [-0.15, -0.1) is 0 Å². The zero-order valence-corrected chi connectivity index (χ0v) is 9.45. The lowest BCUT2D eigenvalue weighted by Crippen LogP contribution is -2.22. The van der Waals surface area contributed by atoms with Gasteiger partial charge in [0.2, 0.25) is 0 Å². The Morgan fingerprint density at radius 1 is 1.53 bits per heavy atom. The molecule has 0 bridgehead atoms. The second kappa shape index (κ2) is 5.46. The molecule has 0 aromatic carbocycles. The van der Waals surface area contributed by atoms with E-state index in [-0.39, 0.29) is 5.91 Å². The van der Waals surface area contributed by atoms with E-state index in [9.17, 15) is 4.79 Å². The van der Waals surface area contributed by atoms with Crippen molar-refractivity contribution in [2.45, 2.75) is 6.42 Å². The molecule has 0 aliphatic heterocycles. The lowest BCUT2D eigenvalue weighted by atomic mass is 10.2. The van der Waals surface area contributed by atoms with Crippen LogP contribution in [0.1, 0.15) is 16.1 Å². The van der Waals surface area contributed by atoms with Gasteiger partial charge in [0.1, 0.15) is 0 Å². The van der Waals surface area contributed by atoms with Crippen LogP contribution in [-0.4, -0.2) is 43.5 Å². The van der Waals surface area contributed by atoms with Crippen LogP contribution in [0.2, 0.25) is 0 Å². The number of hydrogen-bond donors (Lipinski definition) is 1. The summed E-state index contributed by atoms with van der Waals surface area (Å²) in [6, 6.07) is 3.59. The Balaban J connectivity index is 2.78. The van der Waals surface area contributed by atoms with Crippen molar-refractivity contribution < 1.29 is 4.79 Å². The molecule has 0 unspecified atom stereocenters. The van der Waals surface area contributed by atoms with Crippen LogP contribution in [0.25, 0.3) is 0 Å². The van der Waals surface area contributed by atoms with Gasteiger partial charge in [0.05, 0.1) is 0 Å². The molecule has 0 radical (unpaired) electrons. The SMILES string of the molecule is CNCCc1cc(C(=O)N(C)C)ccn1. The smallest absolute Gasteiger partial charge is 0.253 e. The third-order valence-electron chi connectivity index (χ3n) is 2.10. The maximum absolute atomic E-state index is 11.7. The highest BCUT2D eigenvalue weighted by atomic mass is 16.2. The van der Waals surface area contributed by atoms with Gasteiger partial charge in [-0.2, -0.15) is 0 Å². The molecule has 4 nitrogen and oxygen atoms in total. The summed E-state index contributed by atoms with van der Waals surface area (Å²) < 4.78 is 0. The van der Waals surface area contributed by atoms with Gasteiger partial charge in [0, 0.05) is 44.5 Å². The predicted molar refractivity (Wildman–Crippen MR) is 59.9 cm³/mol. The van der Waals surface area contributed by atoms with E-state index in [4.69, 9.17) is 0 Å². The largest absolute Gasteiger partial charge is 0.345 e. The molecule has 1 rings (SSSR count). The number of aromatic nitrogens is 1. The Kier molecular flexibility index (Phi) is 4.24. The number of pyridine rings is 1. The van der Waals surface area contributed by atoms with E-state index in [1.54, 1.807) is 31.3 Å². The summed E-state index contributed by atoms with van der Waals surface area (Å²) in [4.78, 5) is 17.4. The molecule has 1 heterocycles. The Morgan fingerprint density at radius 3 is 2.87 bits per heavy atom. The van der Waals surface area contributed by atoms with Crippen LogP contribution in [0.4, 0.5) is 0 Å². The van der Waals surface area contributed by atoms with Crippen molar-refractivity contribution in [1.82, 2.24) is 15.2 Å². The molecule has 1 amide bonds. The van der Waals surface area contributed by atoms with Gasteiger partial charge in [0.25, 0.3) is 5.91 Å². The van der Waals surface area contributed by atoms with Crippen molar-refractivity contribution in [2.75, 3.05) is 27.7 Å². The first-order chi connectivity index (χ1) is 7.15. The zero-order chi connectivity index (χ0) is 11.3. The van der Waals surface area contributed by atoms with Crippen molar-refractivity contribution in [3.8, 4) is 0 Å². The summed E-state index contributed by atoms with van der Waals surface area (Å²) in [5.74, 6) is 0.0168. The molecule has 0 spiro atoms. The fourth-order valence-electron chi connectivity index (χ4n) is 1.26. The number of rotatable bonds is 4. The van der Waals surface area contributed by atoms with Crippen LogP contribution in [0.5, 0.6) is 0 Å². The van der Waals surface area contributed by atoms with E-state index in [1.807, 2.05) is 13.1 Å². The summed E-state index contributed by atoms with van der Waals surface area (Å²) in [5, 5.41) is 3.05. The number of nitrogens with zero attached hydrogens (tertiary/aromatic N) is 2.